The molecule has 39 heavy (non-hydrogen) atoms. The molecular weight excluding hydrogens is 541 g/mol. The van der Waals surface area contributed by atoms with E-state index >= 15 is 4.39 Å². The largest absolute Gasteiger partial charge is 0.462 e. The topological polar surface area (TPSA) is 101 Å². The second-order valence-electron chi connectivity index (χ2n) is 9.77. The number of hydrogen-bond donors (Lipinski definition) is 3. The molecule has 2 aromatic heterocycles. The summed E-state index contributed by atoms with van der Waals surface area (Å²) in [4.78, 5) is 14.7. The molecule has 6 rings (SSSR count). The highest BCUT2D eigenvalue weighted by atomic mass is 32.1. The van der Waals surface area contributed by atoms with Crippen molar-refractivity contribution in [2.24, 2.45) is 0 Å². The molecule has 0 amide bonds. The monoisotopic (exact) mass is 565 g/mol. The van der Waals surface area contributed by atoms with Crippen LogP contribution in [0.5, 0.6) is 6.01 Å². The first kappa shape index (κ1) is 25.9. The summed E-state index contributed by atoms with van der Waals surface area (Å²) in [7, 11) is 1.97. The number of nitrogens with zero attached hydrogens (tertiary/aromatic N) is 4. The van der Waals surface area contributed by atoms with E-state index < -0.39 is 28.9 Å². The van der Waals surface area contributed by atoms with Crippen molar-refractivity contribution in [2.75, 3.05) is 44.3 Å². The van der Waals surface area contributed by atoms with Crippen molar-refractivity contribution in [3.05, 3.63) is 35.4 Å². The molecular formula is C25H24F5N7OS. The average Bonchev–Trinajstić information content (AvgIpc) is 3.45. The maximum atomic E-state index is 16.3. The number of aromatic nitrogens is 3. The lowest BCUT2D eigenvalue weighted by Gasteiger charge is -2.29. The number of likely N-dealkylation sites (tertiary alicyclic amines) is 1. The fraction of sp³-hybridized carbons (Fsp3) is 0.400. The third-order valence-corrected chi connectivity index (χ3v) is 8.09. The van der Waals surface area contributed by atoms with Crippen molar-refractivity contribution in [2.45, 2.75) is 31.1 Å². The first-order valence-corrected chi connectivity index (χ1v) is 13.2. The third kappa shape index (κ3) is 4.70. The summed E-state index contributed by atoms with van der Waals surface area (Å²) in [5, 5.41) is 5.96. The number of ether oxygens (including phenoxy) is 1. The summed E-state index contributed by atoms with van der Waals surface area (Å²) in [5.74, 6) is -1.91. The normalized spacial score (nSPS) is 18.7. The number of anilines is 2. The Kier molecular flexibility index (Phi) is 6.43. The number of thiazole rings is 1. The van der Waals surface area contributed by atoms with Gasteiger partial charge in [0.05, 0.1) is 21.8 Å². The van der Waals surface area contributed by atoms with E-state index in [-0.39, 0.29) is 62.3 Å². The highest BCUT2D eigenvalue weighted by Crippen LogP contribution is 2.45. The summed E-state index contributed by atoms with van der Waals surface area (Å²) in [6.45, 7) is 2.30. The third-order valence-electron chi connectivity index (χ3n) is 7.20. The second kappa shape index (κ2) is 9.68. The summed E-state index contributed by atoms with van der Waals surface area (Å²) in [6, 6.07) is 2.73. The number of alkyl halides is 3. The van der Waals surface area contributed by atoms with Gasteiger partial charge in [0.1, 0.15) is 23.8 Å². The van der Waals surface area contributed by atoms with Crippen LogP contribution in [0.25, 0.3) is 32.2 Å². The molecule has 0 unspecified atom stereocenters. The van der Waals surface area contributed by atoms with Gasteiger partial charge in [0, 0.05) is 35.6 Å². The molecule has 4 heterocycles. The fourth-order valence-electron chi connectivity index (χ4n) is 5.01. The molecule has 0 radical (unpaired) electrons. The molecule has 2 saturated heterocycles. The van der Waals surface area contributed by atoms with Gasteiger partial charge < -0.3 is 26.0 Å². The van der Waals surface area contributed by atoms with Gasteiger partial charge in [0.15, 0.2) is 10.9 Å². The Morgan fingerprint density at radius 3 is 2.64 bits per heavy atom. The maximum Gasteiger partial charge on any atom is 0.417 e. The van der Waals surface area contributed by atoms with Crippen molar-refractivity contribution in [3.63, 3.8) is 0 Å². The number of nitrogen functional groups attached to an aromatic ring is 1. The summed E-state index contributed by atoms with van der Waals surface area (Å²) in [6.07, 6.45) is -3.03. The first-order chi connectivity index (χ1) is 18.6. The molecule has 0 spiro atoms. The van der Waals surface area contributed by atoms with Crippen LogP contribution in [0, 0.1) is 11.6 Å². The highest BCUT2D eigenvalue weighted by molar-refractivity contribution is 7.22. The van der Waals surface area contributed by atoms with E-state index in [4.69, 9.17) is 10.5 Å². The van der Waals surface area contributed by atoms with Gasteiger partial charge in [-0.2, -0.15) is 23.1 Å². The minimum Gasteiger partial charge on any atom is -0.462 e. The van der Waals surface area contributed by atoms with E-state index in [2.05, 4.69) is 30.5 Å². The number of nitrogens with one attached hydrogen (secondary N) is 2. The van der Waals surface area contributed by atoms with Crippen molar-refractivity contribution >= 4 is 43.4 Å². The van der Waals surface area contributed by atoms with E-state index in [9.17, 15) is 17.6 Å². The van der Waals surface area contributed by atoms with Gasteiger partial charge in [-0.3, -0.25) is 0 Å². The van der Waals surface area contributed by atoms with E-state index in [0.29, 0.717) is 13.1 Å². The highest BCUT2D eigenvalue weighted by Gasteiger charge is 2.38. The van der Waals surface area contributed by atoms with Crippen molar-refractivity contribution in [1.29, 1.82) is 0 Å². The van der Waals surface area contributed by atoms with Gasteiger partial charge in [-0.15, -0.1) is 0 Å². The van der Waals surface area contributed by atoms with E-state index in [1.807, 2.05) is 7.05 Å². The molecule has 0 bridgehead atoms. The number of halogens is 5. The van der Waals surface area contributed by atoms with Crippen molar-refractivity contribution in [1.82, 2.24) is 25.2 Å². The zero-order valence-electron chi connectivity index (χ0n) is 20.7. The Labute approximate surface area is 223 Å². The van der Waals surface area contributed by atoms with Gasteiger partial charge in [-0.1, -0.05) is 11.3 Å². The van der Waals surface area contributed by atoms with Crippen LogP contribution in [0.1, 0.15) is 18.4 Å². The lowest BCUT2D eigenvalue weighted by Crippen LogP contribution is -2.51. The van der Waals surface area contributed by atoms with Crippen LogP contribution >= 0.6 is 11.3 Å². The van der Waals surface area contributed by atoms with Crippen LogP contribution in [-0.4, -0.2) is 65.2 Å². The predicted octanol–water partition coefficient (Wildman–Crippen LogP) is 4.64. The zero-order valence-corrected chi connectivity index (χ0v) is 21.5. The molecule has 8 nitrogen and oxygen atoms in total. The van der Waals surface area contributed by atoms with Crippen molar-refractivity contribution in [3.8, 4) is 17.1 Å². The lowest BCUT2D eigenvalue weighted by molar-refractivity contribution is -0.137. The van der Waals surface area contributed by atoms with Gasteiger partial charge in [-0.05, 0) is 44.6 Å². The Balaban J connectivity index is 1.56. The summed E-state index contributed by atoms with van der Waals surface area (Å²) >= 11 is 0.772. The fourth-order valence-corrected chi connectivity index (χ4v) is 5.77. The summed E-state index contributed by atoms with van der Waals surface area (Å²) in [5.41, 5.74) is 2.94. The van der Waals surface area contributed by atoms with Gasteiger partial charge >= 0.3 is 12.2 Å². The molecule has 4 N–H and O–H groups in total. The molecule has 206 valence electrons. The van der Waals surface area contributed by atoms with Crippen LogP contribution in [-0.2, 0) is 6.18 Å². The maximum absolute atomic E-state index is 16.3. The number of hydrogen-bond acceptors (Lipinski definition) is 9. The predicted molar refractivity (Wildman–Crippen MR) is 139 cm³/mol. The Hall–Kier alpha value is -3.36. The minimum absolute atomic E-state index is 0.0411. The standard InChI is InChI=1S/C25H24F5N7OS/c1-37-6-2-3-12(37)10-38-24-35-19-14(22(36-24)33-11-8-32-9-11)7-15(25(28,29)30)17(18(19)27)13-4-5-16(26)21-20(13)34-23(31)39-21/h4-5,7,11-12,32H,2-3,6,8-10H2,1H3,(H2,31,34)(H,33,35,36)/t12-/m0/s1. The first-order valence-electron chi connectivity index (χ1n) is 12.4. The second-order valence-corrected chi connectivity index (χ2v) is 10.8. The van der Waals surface area contributed by atoms with Gasteiger partial charge in [-0.25, -0.2) is 13.8 Å². The van der Waals surface area contributed by atoms with Crippen molar-refractivity contribution < 1.29 is 26.7 Å². The van der Waals surface area contributed by atoms with Gasteiger partial charge in [0.2, 0.25) is 0 Å². The SMILES string of the molecule is CN1CCC[C@H]1COc1nc(NC2CNC2)c2cc(C(F)(F)F)c(-c3ccc(F)c4sc(N)nc34)c(F)c2n1. The van der Waals surface area contributed by atoms with E-state index in [1.165, 1.54) is 0 Å². The number of rotatable bonds is 6. The Morgan fingerprint density at radius 2 is 1.97 bits per heavy atom. The number of benzene rings is 2. The number of nitrogens with two attached hydrogens (primary N) is 1. The molecule has 2 aliphatic rings. The molecule has 0 saturated carbocycles. The molecule has 14 heteroatoms. The zero-order chi connectivity index (χ0) is 27.5. The minimum atomic E-state index is -4.95. The molecule has 4 aromatic rings. The number of fused-ring (bicyclic) bond motifs is 2. The van der Waals surface area contributed by atoms with Crippen LogP contribution in [0.4, 0.5) is 32.9 Å². The Morgan fingerprint density at radius 1 is 1.18 bits per heavy atom. The van der Waals surface area contributed by atoms with Crippen LogP contribution in [0.15, 0.2) is 18.2 Å². The molecule has 0 aliphatic carbocycles. The molecule has 1 atom stereocenters. The Bertz CT molecular complexity index is 1570. The summed E-state index contributed by atoms with van der Waals surface area (Å²) < 4.78 is 79.8. The van der Waals surface area contributed by atoms with Crippen LogP contribution < -0.4 is 21.1 Å². The molecule has 2 fully saturated rings. The molecule has 2 aliphatic heterocycles. The number of likely N-dealkylation sites (N-methyl/N-ethyl adjacent to an activating group) is 1. The van der Waals surface area contributed by atoms with E-state index in [1.54, 1.807) is 0 Å². The van der Waals surface area contributed by atoms with Crippen LogP contribution in [0.2, 0.25) is 0 Å². The lowest BCUT2D eigenvalue weighted by atomic mass is 9.95. The van der Waals surface area contributed by atoms with Gasteiger partial charge in [0.25, 0.3) is 0 Å². The quantitative estimate of drug-likeness (QED) is 0.291. The van der Waals surface area contributed by atoms with E-state index in [0.717, 1.165) is 48.9 Å². The van der Waals surface area contributed by atoms with Crippen LogP contribution in [0.3, 0.4) is 0 Å². The smallest absolute Gasteiger partial charge is 0.417 e. The average molecular weight is 566 g/mol. The molecule has 2 aromatic carbocycles.